The molecule has 0 spiro atoms. The van der Waals surface area contributed by atoms with Crippen LogP contribution in [0.1, 0.15) is 27.9 Å². The van der Waals surface area contributed by atoms with E-state index in [0.29, 0.717) is 17.9 Å². The van der Waals surface area contributed by atoms with Crippen LogP contribution in [0.25, 0.3) is 0 Å². The summed E-state index contributed by atoms with van der Waals surface area (Å²) in [7, 11) is 1.57. The van der Waals surface area contributed by atoms with Gasteiger partial charge in [-0.1, -0.05) is 24.3 Å². The standard InChI is InChI=1S/C26H26FN5O3/c1-17-12-18(2)28-13-21(17)14-29-24-30-25(33)32(16-20-6-10-23(35-3)11-7-20)26(34)31(24)15-19-4-8-22(27)9-5-19/h4-13H,14-16H2,1-3H3,(H,29,30,33). The first-order valence-electron chi connectivity index (χ1n) is 11.1. The van der Waals surface area contributed by atoms with Crippen molar-refractivity contribution in [2.75, 3.05) is 12.4 Å². The molecule has 2 aromatic carbocycles. The molecule has 0 saturated carbocycles. The second-order valence-corrected chi connectivity index (χ2v) is 8.25. The third-order valence-corrected chi connectivity index (χ3v) is 5.70. The molecular weight excluding hydrogens is 449 g/mol. The summed E-state index contributed by atoms with van der Waals surface area (Å²) in [5.74, 6) is 0.438. The second-order valence-electron chi connectivity index (χ2n) is 8.25. The lowest BCUT2D eigenvalue weighted by atomic mass is 10.1. The van der Waals surface area contributed by atoms with E-state index in [1.807, 2.05) is 19.9 Å². The number of benzene rings is 2. The van der Waals surface area contributed by atoms with Crippen LogP contribution in [-0.4, -0.2) is 26.2 Å². The van der Waals surface area contributed by atoms with Crippen molar-refractivity contribution in [2.45, 2.75) is 33.5 Å². The fraction of sp³-hybridized carbons (Fsp3) is 0.231. The van der Waals surface area contributed by atoms with Crippen LogP contribution >= 0.6 is 0 Å². The van der Waals surface area contributed by atoms with Crippen molar-refractivity contribution in [2.24, 2.45) is 0 Å². The summed E-state index contributed by atoms with van der Waals surface area (Å²) in [6, 6.07) is 14.9. The topological polar surface area (TPSA) is 91.0 Å². The summed E-state index contributed by atoms with van der Waals surface area (Å²) < 4.78 is 21.0. The minimum atomic E-state index is -0.664. The van der Waals surface area contributed by atoms with Crippen LogP contribution in [0.4, 0.5) is 10.3 Å². The van der Waals surface area contributed by atoms with Crippen molar-refractivity contribution in [3.05, 3.63) is 116 Å². The number of halogens is 1. The van der Waals surface area contributed by atoms with Gasteiger partial charge in [0, 0.05) is 18.4 Å². The van der Waals surface area contributed by atoms with Crippen molar-refractivity contribution < 1.29 is 9.13 Å². The Hall–Kier alpha value is -4.27. The van der Waals surface area contributed by atoms with Gasteiger partial charge in [-0.25, -0.2) is 18.5 Å². The largest absolute Gasteiger partial charge is 0.497 e. The molecule has 35 heavy (non-hydrogen) atoms. The molecule has 0 bridgehead atoms. The zero-order valence-corrected chi connectivity index (χ0v) is 19.8. The molecule has 9 heteroatoms. The van der Waals surface area contributed by atoms with Gasteiger partial charge in [-0.15, -0.1) is 0 Å². The van der Waals surface area contributed by atoms with Crippen molar-refractivity contribution in [3.63, 3.8) is 0 Å². The number of methoxy groups -OCH3 is 1. The first-order valence-corrected chi connectivity index (χ1v) is 11.1. The number of hydrogen-bond donors (Lipinski definition) is 1. The molecule has 180 valence electrons. The Bertz CT molecular complexity index is 1440. The molecule has 2 aromatic heterocycles. The van der Waals surface area contributed by atoms with Gasteiger partial charge >= 0.3 is 11.4 Å². The van der Waals surface area contributed by atoms with E-state index in [-0.39, 0.29) is 24.9 Å². The Morgan fingerprint density at radius 2 is 1.57 bits per heavy atom. The lowest BCUT2D eigenvalue weighted by molar-refractivity contribution is 0.414. The Morgan fingerprint density at radius 3 is 2.20 bits per heavy atom. The van der Waals surface area contributed by atoms with Gasteiger partial charge in [0.2, 0.25) is 5.95 Å². The zero-order valence-electron chi connectivity index (χ0n) is 19.8. The minimum absolute atomic E-state index is 0.0549. The molecule has 0 saturated heterocycles. The third-order valence-electron chi connectivity index (χ3n) is 5.70. The van der Waals surface area contributed by atoms with Crippen molar-refractivity contribution in [1.82, 2.24) is 19.1 Å². The number of anilines is 1. The summed E-state index contributed by atoms with van der Waals surface area (Å²) in [5, 5.41) is 3.12. The van der Waals surface area contributed by atoms with Gasteiger partial charge in [-0.3, -0.25) is 9.55 Å². The molecule has 0 unspecified atom stereocenters. The second kappa shape index (κ2) is 10.3. The molecule has 0 amide bonds. The fourth-order valence-corrected chi connectivity index (χ4v) is 3.71. The molecule has 4 rings (SSSR count). The van der Waals surface area contributed by atoms with Crippen LogP contribution in [-0.2, 0) is 19.6 Å². The molecule has 2 heterocycles. The van der Waals surface area contributed by atoms with E-state index in [9.17, 15) is 14.0 Å². The summed E-state index contributed by atoms with van der Waals surface area (Å²) >= 11 is 0. The van der Waals surface area contributed by atoms with E-state index in [1.54, 1.807) is 49.7 Å². The lowest BCUT2D eigenvalue weighted by Crippen LogP contribution is -2.43. The molecule has 0 fully saturated rings. The van der Waals surface area contributed by atoms with Gasteiger partial charge in [-0.2, -0.15) is 4.98 Å². The van der Waals surface area contributed by atoms with E-state index in [4.69, 9.17) is 4.74 Å². The lowest BCUT2D eigenvalue weighted by Gasteiger charge is -2.16. The first kappa shape index (κ1) is 23.9. The Balaban J connectivity index is 1.71. The highest BCUT2D eigenvalue weighted by atomic mass is 19.1. The number of nitrogens with zero attached hydrogens (tertiary/aromatic N) is 4. The first-order chi connectivity index (χ1) is 16.8. The smallest absolute Gasteiger partial charge is 0.355 e. The van der Waals surface area contributed by atoms with Crippen LogP contribution < -0.4 is 21.4 Å². The van der Waals surface area contributed by atoms with Gasteiger partial charge < -0.3 is 10.1 Å². The average Bonchev–Trinajstić information content (AvgIpc) is 2.85. The SMILES string of the molecule is COc1ccc(Cn2c(=O)nc(NCc3cnc(C)cc3C)n(Cc3ccc(F)cc3)c2=O)cc1. The maximum Gasteiger partial charge on any atom is 0.355 e. The highest BCUT2D eigenvalue weighted by molar-refractivity contribution is 5.33. The van der Waals surface area contributed by atoms with Gasteiger partial charge in [0.15, 0.2) is 0 Å². The molecule has 8 nitrogen and oxygen atoms in total. The highest BCUT2D eigenvalue weighted by Gasteiger charge is 2.15. The third kappa shape index (κ3) is 5.63. The normalized spacial score (nSPS) is 10.9. The summed E-state index contributed by atoms with van der Waals surface area (Å²) in [6.45, 7) is 4.38. The fourth-order valence-electron chi connectivity index (χ4n) is 3.71. The number of hydrogen-bond acceptors (Lipinski definition) is 6. The molecule has 1 N–H and O–H groups in total. The number of rotatable bonds is 8. The van der Waals surface area contributed by atoms with Crippen LogP contribution in [0.5, 0.6) is 5.75 Å². The van der Waals surface area contributed by atoms with E-state index < -0.39 is 11.4 Å². The molecule has 0 radical (unpaired) electrons. The summed E-state index contributed by atoms with van der Waals surface area (Å²) in [5.41, 5.74) is 3.11. The van der Waals surface area contributed by atoms with Gasteiger partial charge in [-0.05, 0) is 66.4 Å². The predicted molar refractivity (Wildman–Crippen MR) is 131 cm³/mol. The zero-order chi connectivity index (χ0) is 24.9. The van der Waals surface area contributed by atoms with E-state index in [0.717, 1.165) is 27.0 Å². The maximum absolute atomic E-state index is 13.5. The number of ether oxygens (including phenoxy) is 1. The number of aryl methyl sites for hydroxylation is 2. The van der Waals surface area contributed by atoms with E-state index >= 15 is 0 Å². The Morgan fingerprint density at radius 1 is 0.943 bits per heavy atom. The number of nitrogens with one attached hydrogen (secondary N) is 1. The monoisotopic (exact) mass is 475 g/mol. The van der Waals surface area contributed by atoms with Crippen LogP contribution in [0.15, 0.2) is 70.4 Å². The summed E-state index contributed by atoms with van der Waals surface area (Å²) in [4.78, 5) is 34.8. The predicted octanol–water partition coefficient (Wildman–Crippen LogP) is 3.27. The highest BCUT2D eigenvalue weighted by Crippen LogP contribution is 2.13. The van der Waals surface area contributed by atoms with E-state index in [1.165, 1.54) is 16.7 Å². The average molecular weight is 476 g/mol. The Labute approximate surface area is 201 Å². The number of pyridine rings is 1. The molecular formula is C26H26FN5O3. The molecule has 0 aliphatic heterocycles. The van der Waals surface area contributed by atoms with Gasteiger partial charge in [0.1, 0.15) is 11.6 Å². The minimum Gasteiger partial charge on any atom is -0.497 e. The van der Waals surface area contributed by atoms with Gasteiger partial charge in [0.25, 0.3) is 0 Å². The van der Waals surface area contributed by atoms with Crippen molar-refractivity contribution >= 4 is 5.95 Å². The Kier molecular flexibility index (Phi) is 7.05. The van der Waals surface area contributed by atoms with Crippen molar-refractivity contribution in [3.8, 4) is 5.75 Å². The van der Waals surface area contributed by atoms with Crippen LogP contribution in [0.2, 0.25) is 0 Å². The van der Waals surface area contributed by atoms with Crippen LogP contribution in [0, 0.1) is 19.7 Å². The van der Waals surface area contributed by atoms with Crippen LogP contribution in [0.3, 0.4) is 0 Å². The van der Waals surface area contributed by atoms with Crippen molar-refractivity contribution in [1.29, 1.82) is 0 Å². The quantitative estimate of drug-likeness (QED) is 0.421. The number of aromatic nitrogens is 4. The molecule has 0 aliphatic carbocycles. The summed E-state index contributed by atoms with van der Waals surface area (Å²) in [6.07, 6.45) is 1.75. The van der Waals surface area contributed by atoms with E-state index in [2.05, 4.69) is 15.3 Å². The molecule has 0 aliphatic rings. The van der Waals surface area contributed by atoms with Gasteiger partial charge in [0.05, 0.1) is 20.2 Å². The molecule has 0 atom stereocenters. The maximum atomic E-state index is 13.5. The molecule has 4 aromatic rings.